The van der Waals surface area contributed by atoms with E-state index < -0.39 is 12.5 Å². The summed E-state index contributed by atoms with van der Waals surface area (Å²) in [6.45, 7) is 3.23. The molecule has 4 aliphatic rings. The van der Waals surface area contributed by atoms with Crippen LogP contribution >= 0.6 is 0 Å². The van der Waals surface area contributed by atoms with Crippen LogP contribution < -0.4 is 15.0 Å². The molecule has 0 bridgehead atoms. The lowest BCUT2D eigenvalue weighted by atomic mass is 9.80. The molecule has 1 amide bonds. The molecule has 1 spiro atoms. The van der Waals surface area contributed by atoms with Crippen molar-refractivity contribution in [3.63, 3.8) is 0 Å². The molecule has 43 heavy (non-hydrogen) atoms. The first kappa shape index (κ1) is 26.7. The summed E-state index contributed by atoms with van der Waals surface area (Å²) >= 11 is 0. The zero-order chi connectivity index (χ0) is 29.2. The highest BCUT2D eigenvalue weighted by Crippen LogP contribution is 2.41. The first-order valence-electron chi connectivity index (χ1n) is 15.3. The highest BCUT2D eigenvalue weighted by atomic mass is 19.1. The summed E-state index contributed by atoms with van der Waals surface area (Å²) in [6, 6.07) is 11.1. The molecule has 8 nitrogen and oxygen atoms in total. The quantitative estimate of drug-likeness (QED) is 0.307. The average molecular weight is 585 g/mol. The Labute approximate surface area is 248 Å². The van der Waals surface area contributed by atoms with E-state index in [2.05, 4.69) is 25.1 Å². The van der Waals surface area contributed by atoms with Crippen LogP contribution in [-0.2, 0) is 11.5 Å². The molecule has 0 saturated carbocycles. The van der Waals surface area contributed by atoms with Crippen molar-refractivity contribution in [2.75, 3.05) is 37.7 Å². The summed E-state index contributed by atoms with van der Waals surface area (Å²) in [5, 5.41) is 5.05. The van der Waals surface area contributed by atoms with E-state index in [0.29, 0.717) is 53.8 Å². The second-order valence-electron chi connectivity index (χ2n) is 12.7. The van der Waals surface area contributed by atoms with Crippen molar-refractivity contribution in [1.82, 2.24) is 25.2 Å². The highest BCUT2D eigenvalue weighted by molar-refractivity contribution is 6.00. The Balaban J connectivity index is 1.25. The van der Waals surface area contributed by atoms with E-state index in [9.17, 15) is 9.18 Å². The number of alkyl halides is 1. The SMILES string of the molecule is O=C1CC2(CCCN(c3nc(OCC45CCCN4CCC5)nc4c(F)c(-c5cccc6cccc(CF)c56)ncc34)C2)N1. The van der Waals surface area contributed by atoms with Crippen LogP contribution in [0.4, 0.5) is 14.6 Å². The van der Waals surface area contributed by atoms with Gasteiger partial charge in [0.2, 0.25) is 5.91 Å². The minimum Gasteiger partial charge on any atom is -0.461 e. The summed E-state index contributed by atoms with van der Waals surface area (Å²) in [6.07, 6.45) is 8.30. The maximum atomic E-state index is 16.7. The number of anilines is 1. The summed E-state index contributed by atoms with van der Waals surface area (Å²) in [5.74, 6) is 0.0283. The lowest BCUT2D eigenvalue weighted by molar-refractivity contribution is -0.133. The maximum absolute atomic E-state index is 16.7. The van der Waals surface area contributed by atoms with Crippen LogP contribution in [0.5, 0.6) is 6.01 Å². The zero-order valence-corrected chi connectivity index (χ0v) is 24.0. The Morgan fingerprint density at radius 3 is 2.53 bits per heavy atom. The van der Waals surface area contributed by atoms with E-state index in [1.807, 2.05) is 18.2 Å². The van der Waals surface area contributed by atoms with Gasteiger partial charge in [0.15, 0.2) is 5.82 Å². The number of aromatic nitrogens is 3. The van der Waals surface area contributed by atoms with Gasteiger partial charge in [0.1, 0.15) is 30.3 Å². The molecular formula is C33H34F2N6O2. The summed E-state index contributed by atoms with van der Waals surface area (Å²) in [7, 11) is 0. The Morgan fingerprint density at radius 2 is 1.77 bits per heavy atom. The predicted molar refractivity (Wildman–Crippen MR) is 160 cm³/mol. The molecule has 1 unspecified atom stereocenters. The van der Waals surface area contributed by atoms with Crippen molar-refractivity contribution in [3.8, 4) is 17.3 Å². The number of halogens is 2. The minimum atomic E-state index is -0.667. The number of fused-ring (bicyclic) bond motifs is 3. The van der Waals surface area contributed by atoms with Gasteiger partial charge in [0, 0.05) is 24.8 Å². The molecule has 0 radical (unpaired) electrons. The van der Waals surface area contributed by atoms with Crippen LogP contribution in [0.25, 0.3) is 32.9 Å². The van der Waals surface area contributed by atoms with Crippen molar-refractivity contribution in [3.05, 3.63) is 54.0 Å². The number of carbonyl (C=O) groups is 1. The summed E-state index contributed by atoms with van der Waals surface area (Å²) in [5.41, 5.74) is 0.945. The Morgan fingerprint density at radius 1 is 1.00 bits per heavy atom. The molecular weight excluding hydrogens is 550 g/mol. The number of amides is 1. The van der Waals surface area contributed by atoms with E-state index in [0.717, 1.165) is 57.0 Å². The van der Waals surface area contributed by atoms with Crippen molar-refractivity contribution >= 4 is 33.4 Å². The van der Waals surface area contributed by atoms with Gasteiger partial charge in [0.05, 0.1) is 22.9 Å². The number of nitrogens with zero attached hydrogens (tertiary/aromatic N) is 5. The van der Waals surface area contributed by atoms with Gasteiger partial charge in [-0.3, -0.25) is 14.7 Å². The number of benzene rings is 2. The number of carbonyl (C=O) groups excluding carboxylic acids is 1. The summed E-state index contributed by atoms with van der Waals surface area (Å²) in [4.78, 5) is 30.6. The zero-order valence-electron chi connectivity index (χ0n) is 24.0. The molecule has 0 aliphatic carbocycles. The lowest BCUT2D eigenvalue weighted by Crippen LogP contribution is -2.68. The molecule has 1 atom stereocenters. The molecule has 2 aromatic carbocycles. The fraction of sp³-hybridized carbons (Fsp3) is 0.455. The fourth-order valence-corrected chi connectivity index (χ4v) is 8.05. The molecule has 1 N–H and O–H groups in total. The standard InChI is InChI=1S/C33H34F2N6O2/c34-17-22-8-1-6-21-7-2-9-23(26(21)22)28-27(35)29-24(18-36-28)30(40-13-3-10-32(19-40)16-25(42)39-32)38-31(37-29)43-20-33-11-4-14-41(33)15-5-12-33/h1-2,6-9,18H,3-5,10-17,19-20H2,(H,39,42). The Kier molecular flexibility index (Phi) is 6.25. The summed E-state index contributed by atoms with van der Waals surface area (Å²) < 4.78 is 37.1. The van der Waals surface area contributed by atoms with Gasteiger partial charge in [-0.2, -0.15) is 9.97 Å². The third-order valence-corrected chi connectivity index (χ3v) is 10.1. The van der Waals surface area contributed by atoms with Crippen LogP contribution in [0.2, 0.25) is 0 Å². The fourth-order valence-electron chi connectivity index (χ4n) is 8.05. The minimum absolute atomic E-state index is 0.0163. The van der Waals surface area contributed by atoms with Crippen LogP contribution in [0.15, 0.2) is 42.6 Å². The molecule has 2 aromatic heterocycles. The van der Waals surface area contributed by atoms with Gasteiger partial charge in [-0.15, -0.1) is 0 Å². The van der Waals surface area contributed by atoms with Gasteiger partial charge in [-0.25, -0.2) is 8.78 Å². The second-order valence-corrected chi connectivity index (χ2v) is 12.7. The second kappa shape index (κ2) is 10.1. The molecule has 222 valence electrons. The molecule has 4 fully saturated rings. The van der Waals surface area contributed by atoms with E-state index in [1.165, 1.54) is 0 Å². The number of piperidine rings is 1. The number of hydrogen-bond donors (Lipinski definition) is 1. The molecule has 6 heterocycles. The van der Waals surface area contributed by atoms with E-state index in [4.69, 9.17) is 9.72 Å². The number of nitrogens with one attached hydrogen (secondary N) is 1. The number of pyridine rings is 1. The van der Waals surface area contributed by atoms with Gasteiger partial charge >= 0.3 is 6.01 Å². The van der Waals surface area contributed by atoms with Gasteiger partial charge in [-0.05, 0) is 68.0 Å². The predicted octanol–water partition coefficient (Wildman–Crippen LogP) is 5.32. The molecule has 10 heteroatoms. The van der Waals surface area contributed by atoms with Crippen molar-refractivity contribution in [1.29, 1.82) is 0 Å². The normalized spacial score (nSPS) is 23.1. The topological polar surface area (TPSA) is 83.5 Å². The van der Waals surface area contributed by atoms with Crippen molar-refractivity contribution in [2.45, 2.75) is 62.7 Å². The molecule has 4 saturated heterocycles. The first-order valence-corrected chi connectivity index (χ1v) is 15.3. The van der Waals surface area contributed by atoms with Gasteiger partial charge in [-0.1, -0.05) is 36.4 Å². The monoisotopic (exact) mass is 584 g/mol. The molecule has 4 aliphatic heterocycles. The van der Waals surface area contributed by atoms with Crippen LogP contribution in [0.1, 0.15) is 50.5 Å². The average Bonchev–Trinajstić information content (AvgIpc) is 3.60. The molecule has 8 rings (SSSR count). The lowest BCUT2D eigenvalue weighted by Gasteiger charge is -2.49. The van der Waals surface area contributed by atoms with Crippen LogP contribution in [0.3, 0.4) is 0 Å². The van der Waals surface area contributed by atoms with E-state index in [-0.39, 0.29) is 34.2 Å². The van der Waals surface area contributed by atoms with E-state index in [1.54, 1.807) is 24.4 Å². The largest absolute Gasteiger partial charge is 0.461 e. The van der Waals surface area contributed by atoms with Crippen LogP contribution in [0, 0.1) is 5.82 Å². The first-order chi connectivity index (χ1) is 21.0. The Bertz CT molecular complexity index is 1740. The number of hydrogen-bond acceptors (Lipinski definition) is 7. The molecule has 4 aromatic rings. The number of ether oxygens (including phenoxy) is 1. The van der Waals surface area contributed by atoms with Crippen molar-refractivity contribution < 1.29 is 18.3 Å². The number of β-lactam (4-membered cyclic amide) rings is 1. The highest BCUT2D eigenvalue weighted by Gasteiger charge is 2.47. The van der Waals surface area contributed by atoms with Gasteiger partial charge < -0.3 is 15.0 Å². The van der Waals surface area contributed by atoms with E-state index >= 15 is 4.39 Å². The van der Waals surface area contributed by atoms with Crippen LogP contribution in [-0.4, -0.2) is 69.6 Å². The maximum Gasteiger partial charge on any atom is 0.319 e. The third kappa shape index (κ3) is 4.32. The smallest absolute Gasteiger partial charge is 0.319 e. The van der Waals surface area contributed by atoms with Gasteiger partial charge in [0.25, 0.3) is 0 Å². The van der Waals surface area contributed by atoms with Crippen molar-refractivity contribution in [2.24, 2.45) is 0 Å². The number of rotatable bonds is 6. The Hall–Kier alpha value is -3.92. The third-order valence-electron chi connectivity index (χ3n) is 10.1.